The van der Waals surface area contributed by atoms with E-state index in [4.69, 9.17) is 0 Å². The fraction of sp³-hybridized carbons (Fsp3) is 0.867. The molecule has 1 heterocycles. The second kappa shape index (κ2) is 6.95. The Hall–Kier alpha value is -1.26. The lowest BCUT2D eigenvalue weighted by atomic mass is 9.85. The summed E-state index contributed by atoms with van der Waals surface area (Å²) in [6.07, 6.45) is 8.08. The molecule has 1 saturated carbocycles. The molecule has 1 saturated heterocycles. The lowest BCUT2D eigenvalue weighted by Gasteiger charge is -2.33. The van der Waals surface area contributed by atoms with Crippen molar-refractivity contribution < 1.29 is 14.7 Å². The van der Waals surface area contributed by atoms with Crippen molar-refractivity contribution >= 4 is 12.0 Å². The summed E-state index contributed by atoms with van der Waals surface area (Å²) < 4.78 is 0. The average molecular weight is 282 g/mol. The largest absolute Gasteiger partial charge is 0.480 e. The van der Waals surface area contributed by atoms with E-state index in [2.05, 4.69) is 12.2 Å². The summed E-state index contributed by atoms with van der Waals surface area (Å²) in [5.41, 5.74) is 0. The normalized spacial score (nSPS) is 29.1. The van der Waals surface area contributed by atoms with Crippen molar-refractivity contribution in [3.8, 4) is 0 Å². The van der Waals surface area contributed by atoms with E-state index in [0.29, 0.717) is 18.9 Å². The summed E-state index contributed by atoms with van der Waals surface area (Å²) in [5, 5.41) is 12.3. The standard InChI is InChI=1S/C15H26N2O3/c1-2-3-6-9-16-15(20)17-12-8-5-4-7-11(12)10-13(17)14(18)19/h11-13H,2-10H2,1H3,(H,16,20)(H,18,19). The number of carbonyl (C=O) groups excluding carboxylic acids is 1. The van der Waals surface area contributed by atoms with Crippen LogP contribution in [0.2, 0.25) is 0 Å². The van der Waals surface area contributed by atoms with Gasteiger partial charge in [-0.05, 0) is 31.6 Å². The highest BCUT2D eigenvalue weighted by atomic mass is 16.4. The monoisotopic (exact) mass is 282 g/mol. The van der Waals surface area contributed by atoms with E-state index in [1.54, 1.807) is 4.90 Å². The molecule has 20 heavy (non-hydrogen) atoms. The number of carbonyl (C=O) groups is 2. The van der Waals surface area contributed by atoms with Crippen LogP contribution >= 0.6 is 0 Å². The highest BCUT2D eigenvalue weighted by Gasteiger charge is 2.47. The topological polar surface area (TPSA) is 69.6 Å². The number of unbranched alkanes of at least 4 members (excludes halogenated alkanes) is 2. The second-order valence-electron chi connectivity index (χ2n) is 6.05. The van der Waals surface area contributed by atoms with Gasteiger partial charge in [0.25, 0.3) is 0 Å². The number of carboxylic acid groups (broad SMARTS) is 1. The molecule has 5 heteroatoms. The van der Waals surface area contributed by atoms with Gasteiger partial charge in [-0.25, -0.2) is 9.59 Å². The van der Waals surface area contributed by atoms with Crippen molar-refractivity contribution in [3.63, 3.8) is 0 Å². The molecule has 3 atom stereocenters. The van der Waals surface area contributed by atoms with Crippen LogP contribution in [0.3, 0.4) is 0 Å². The fourth-order valence-corrected chi connectivity index (χ4v) is 3.63. The molecule has 2 aliphatic rings. The minimum atomic E-state index is -0.858. The van der Waals surface area contributed by atoms with Gasteiger partial charge in [0.1, 0.15) is 6.04 Å². The molecule has 114 valence electrons. The molecule has 2 rings (SSSR count). The van der Waals surface area contributed by atoms with Crippen LogP contribution in [0.1, 0.15) is 58.3 Å². The molecular weight excluding hydrogens is 256 g/mol. The molecule has 2 N–H and O–H groups in total. The van der Waals surface area contributed by atoms with Crippen LogP contribution in [0.4, 0.5) is 4.79 Å². The van der Waals surface area contributed by atoms with Crippen LogP contribution in [-0.2, 0) is 4.79 Å². The molecular formula is C15H26N2O3. The number of fused-ring (bicyclic) bond motifs is 1. The predicted octanol–water partition coefficient (Wildman–Crippen LogP) is 2.60. The Bertz CT molecular complexity index is 359. The molecule has 3 unspecified atom stereocenters. The van der Waals surface area contributed by atoms with E-state index in [9.17, 15) is 14.7 Å². The Morgan fingerprint density at radius 2 is 2.00 bits per heavy atom. The lowest BCUT2D eigenvalue weighted by Crippen LogP contribution is -2.50. The first-order valence-corrected chi connectivity index (χ1v) is 7.94. The van der Waals surface area contributed by atoms with Gasteiger partial charge in [0, 0.05) is 12.6 Å². The van der Waals surface area contributed by atoms with Crippen LogP contribution in [0.5, 0.6) is 0 Å². The molecule has 0 bridgehead atoms. The summed E-state index contributed by atoms with van der Waals surface area (Å²) in [6, 6.07) is -0.673. The van der Waals surface area contributed by atoms with E-state index in [1.807, 2.05) is 0 Å². The summed E-state index contributed by atoms with van der Waals surface area (Å²) in [6.45, 7) is 2.77. The van der Waals surface area contributed by atoms with Gasteiger partial charge < -0.3 is 15.3 Å². The van der Waals surface area contributed by atoms with Crippen molar-refractivity contribution in [1.29, 1.82) is 0 Å². The number of hydrogen-bond donors (Lipinski definition) is 2. The van der Waals surface area contributed by atoms with Gasteiger partial charge in [0.2, 0.25) is 0 Å². The smallest absolute Gasteiger partial charge is 0.326 e. The van der Waals surface area contributed by atoms with Crippen molar-refractivity contribution in [2.75, 3.05) is 6.54 Å². The molecule has 0 aromatic carbocycles. The minimum absolute atomic E-state index is 0.135. The third kappa shape index (κ3) is 3.25. The van der Waals surface area contributed by atoms with Gasteiger partial charge in [-0.3, -0.25) is 0 Å². The fourth-order valence-electron chi connectivity index (χ4n) is 3.63. The van der Waals surface area contributed by atoms with Crippen LogP contribution < -0.4 is 5.32 Å². The summed E-state index contributed by atoms with van der Waals surface area (Å²) in [5.74, 6) is -0.477. The predicted molar refractivity (Wildman–Crippen MR) is 76.5 cm³/mol. The third-order valence-electron chi connectivity index (χ3n) is 4.66. The van der Waals surface area contributed by atoms with Gasteiger partial charge >= 0.3 is 12.0 Å². The Labute approximate surface area is 120 Å². The highest BCUT2D eigenvalue weighted by Crippen LogP contribution is 2.39. The Morgan fingerprint density at radius 3 is 2.70 bits per heavy atom. The highest BCUT2D eigenvalue weighted by molar-refractivity contribution is 5.83. The zero-order valence-corrected chi connectivity index (χ0v) is 12.3. The number of rotatable bonds is 5. The van der Waals surface area contributed by atoms with Crippen molar-refractivity contribution in [2.24, 2.45) is 5.92 Å². The van der Waals surface area contributed by atoms with Gasteiger partial charge in [-0.1, -0.05) is 32.6 Å². The van der Waals surface area contributed by atoms with Gasteiger partial charge in [-0.2, -0.15) is 0 Å². The first-order chi connectivity index (χ1) is 9.65. The molecule has 0 aromatic heterocycles. The van der Waals surface area contributed by atoms with Crippen molar-refractivity contribution in [1.82, 2.24) is 10.2 Å². The number of urea groups is 1. The van der Waals surface area contributed by atoms with Crippen LogP contribution in [0.25, 0.3) is 0 Å². The quantitative estimate of drug-likeness (QED) is 0.761. The lowest BCUT2D eigenvalue weighted by molar-refractivity contribution is -0.141. The van der Waals surface area contributed by atoms with Gasteiger partial charge in [0.15, 0.2) is 0 Å². The zero-order valence-electron chi connectivity index (χ0n) is 12.3. The Balaban J connectivity index is 1.97. The number of carboxylic acids is 1. The molecule has 5 nitrogen and oxygen atoms in total. The number of nitrogens with one attached hydrogen (secondary N) is 1. The molecule has 0 aromatic rings. The summed E-state index contributed by atoms with van der Waals surface area (Å²) in [4.78, 5) is 25.4. The SMILES string of the molecule is CCCCCNC(=O)N1C(C(=O)O)CC2CCCCC21. The molecule has 0 radical (unpaired) electrons. The zero-order chi connectivity index (χ0) is 14.5. The molecule has 2 amide bonds. The molecule has 2 fully saturated rings. The first-order valence-electron chi connectivity index (χ1n) is 7.94. The average Bonchev–Trinajstić information content (AvgIpc) is 2.83. The summed E-state index contributed by atoms with van der Waals surface area (Å²) >= 11 is 0. The number of nitrogens with zero attached hydrogens (tertiary/aromatic N) is 1. The van der Waals surface area contributed by atoms with Crippen molar-refractivity contribution in [3.05, 3.63) is 0 Å². The molecule has 0 spiro atoms. The number of aliphatic carboxylic acids is 1. The van der Waals surface area contributed by atoms with E-state index < -0.39 is 12.0 Å². The van der Waals surface area contributed by atoms with E-state index in [1.165, 1.54) is 6.42 Å². The van der Waals surface area contributed by atoms with E-state index in [0.717, 1.165) is 38.5 Å². The first kappa shape index (κ1) is 15.1. The molecule has 1 aliphatic heterocycles. The number of amides is 2. The third-order valence-corrected chi connectivity index (χ3v) is 4.66. The maximum Gasteiger partial charge on any atom is 0.326 e. The number of likely N-dealkylation sites (tertiary alicyclic amines) is 1. The van der Waals surface area contributed by atoms with Gasteiger partial charge in [-0.15, -0.1) is 0 Å². The maximum atomic E-state index is 12.3. The number of hydrogen-bond acceptors (Lipinski definition) is 2. The second-order valence-corrected chi connectivity index (χ2v) is 6.05. The summed E-state index contributed by atoms with van der Waals surface area (Å²) in [7, 11) is 0. The Kier molecular flexibility index (Phi) is 5.26. The van der Waals surface area contributed by atoms with Crippen LogP contribution in [0, 0.1) is 5.92 Å². The van der Waals surface area contributed by atoms with E-state index in [-0.39, 0.29) is 12.1 Å². The van der Waals surface area contributed by atoms with Crippen LogP contribution in [-0.4, -0.2) is 40.6 Å². The Morgan fingerprint density at radius 1 is 1.25 bits per heavy atom. The maximum absolute atomic E-state index is 12.3. The van der Waals surface area contributed by atoms with Gasteiger partial charge in [0.05, 0.1) is 0 Å². The van der Waals surface area contributed by atoms with Crippen LogP contribution in [0.15, 0.2) is 0 Å². The van der Waals surface area contributed by atoms with E-state index >= 15 is 0 Å². The van der Waals surface area contributed by atoms with Crippen molar-refractivity contribution in [2.45, 2.75) is 70.4 Å². The minimum Gasteiger partial charge on any atom is -0.480 e. The molecule has 1 aliphatic carbocycles.